The summed E-state index contributed by atoms with van der Waals surface area (Å²) < 4.78 is 18.1. The van der Waals surface area contributed by atoms with Gasteiger partial charge >= 0.3 is 0 Å². The number of nitrogens with one attached hydrogen (secondary N) is 2. The maximum atomic E-state index is 13.0. The zero-order valence-electron chi connectivity index (χ0n) is 17.6. The summed E-state index contributed by atoms with van der Waals surface area (Å²) in [6.45, 7) is 0.235. The topological polar surface area (TPSA) is 104 Å². The Morgan fingerprint density at radius 3 is 2.67 bits per heavy atom. The molecule has 8 heteroatoms. The van der Waals surface area contributed by atoms with Gasteiger partial charge in [-0.1, -0.05) is 24.3 Å². The number of rotatable bonds is 6. The molecule has 4 aromatic rings. The normalized spacial score (nSPS) is 11.4. The van der Waals surface area contributed by atoms with Crippen LogP contribution in [0.3, 0.4) is 0 Å². The highest BCUT2D eigenvalue weighted by Crippen LogP contribution is 2.20. The van der Waals surface area contributed by atoms with E-state index in [0.29, 0.717) is 27.9 Å². The molecule has 0 aliphatic rings. The van der Waals surface area contributed by atoms with E-state index < -0.39 is 5.56 Å². The Morgan fingerprint density at radius 2 is 1.91 bits per heavy atom. The van der Waals surface area contributed by atoms with Crippen LogP contribution in [0.5, 0.6) is 5.75 Å². The van der Waals surface area contributed by atoms with Crippen molar-refractivity contribution in [1.82, 2.24) is 15.3 Å². The number of aromatic nitrogens is 2. The van der Waals surface area contributed by atoms with Crippen LogP contribution < -0.4 is 15.6 Å². The lowest BCUT2D eigenvalue weighted by atomic mass is 10.1. The molecule has 0 saturated heterocycles. The van der Waals surface area contributed by atoms with Gasteiger partial charge in [-0.25, -0.2) is 9.37 Å². The van der Waals surface area contributed by atoms with Crippen LogP contribution in [0.25, 0.3) is 22.9 Å². The summed E-state index contributed by atoms with van der Waals surface area (Å²) in [5.41, 5.74) is 1.92. The van der Waals surface area contributed by atoms with Crippen LogP contribution in [0.4, 0.5) is 4.39 Å². The largest absolute Gasteiger partial charge is 0.507 e. The van der Waals surface area contributed by atoms with Gasteiger partial charge in [-0.3, -0.25) is 9.59 Å². The minimum absolute atomic E-state index is 0.0244. The Bertz CT molecular complexity index is 1410. The highest BCUT2D eigenvalue weighted by molar-refractivity contribution is 5.97. The Kier molecular flexibility index (Phi) is 6.17. The summed E-state index contributed by atoms with van der Waals surface area (Å²) in [6.07, 6.45) is 1.27. The van der Waals surface area contributed by atoms with Crippen LogP contribution >= 0.6 is 0 Å². The number of fused-ring (bicyclic) bond motifs is 1. The van der Waals surface area contributed by atoms with Gasteiger partial charge in [0.2, 0.25) is 0 Å². The van der Waals surface area contributed by atoms with Crippen LogP contribution in [0.2, 0.25) is 0 Å². The van der Waals surface area contributed by atoms with E-state index in [-0.39, 0.29) is 29.7 Å². The summed E-state index contributed by atoms with van der Waals surface area (Å²) in [5, 5.41) is 13.2. The van der Waals surface area contributed by atoms with Crippen LogP contribution in [-0.2, 0) is 6.54 Å². The number of hydrogen-bond acceptors (Lipinski definition) is 5. The number of hydrogen-bond donors (Lipinski definition) is 3. The molecule has 1 aromatic heterocycles. The number of H-pyrrole nitrogens is 1. The molecule has 3 aromatic carbocycles. The monoisotopic (exact) mass is 445 g/mol. The summed E-state index contributed by atoms with van der Waals surface area (Å²) >= 11 is 0. The third-order valence-electron chi connectivity index (χ3n) is 4.99. The van der Waals surface area contributed by atoms with Crippen LogP contribution in [0.1, 0.15) is 27.2 Å². The third kappa shape index (κ3) is 5.07. The fourth-order valence-corrected chi connectivity index (χ4v) is 3.22. The Balaban J connectivity index is 1.56. The van der Waals surface area contributed by atoms with Gasteiger partial charge in [0.25, 0.3) is 11.5 Å². The highest BCUT2D eigenvalue weighted by atomic mass is 19.1. The first-order valence-corrected chi connectivity index (χ1v) is 10.0. The summed E-state index contributed by atoms with van der Waals surface area (Å²) in [4.78, 5) is 32.0. The maximum Gasteiger partial charge on any atom is 0.274 e. The number of aliphatic hydroxyl groups is 1. The van der Waals surface area contributed by atoms with E-state index in [1.54, 1.807) is 48.5 Å². The van der Waals surface area contributed by atoms with Crippen LogP contribution in [0.15, 0.2) is 71.5 Å². The van der Waals surface area contributed by atoms with Crippen molar-refractivity contribution in [2.75, 3.05) is 7.11 Å². The number of halogens is 1. The average molecular weight is 445 g/mol. The maximum absolute atomic E-state index is 13.0. The highest BCUT2D eigenvalue weighted by Gasteiger charge is 2.10. The van der Waals surface area contributed by atoms with Crippen molar-refractivity contribution in [2.45, 2.75) is 6.54 Å². The van der Waals surface area contributed by atoms with E-state index in [9.17, 15) is 19.1 Å². The molecule has 0 aliphatic carbocycles. The number of benzene rings is 3. The molecule has 0 fully saturated rings. The van der Waals surface area contributed by atoms with E-state index >= 15 is 0 Å². The molecule has 33 heavy (non-hydrogen) atoms. The molecular formula is C25H20FN3O4. The molecule has 0 bridgehead atoms. The molecule has 1 amide bonds. The Labute approximate surface area is 188 Å². The molecule has 3 N–H and O–H groups in total. The SMILES string of the molecule is COc1cccc(/C(O)=C/c2nc3ccc(C(=O)NCc4ccc(F)cc4)cc3[nH]c2=O)c1. The average Bonchev–Trinajstić information content (AvgIpc) is 2.83. The Hall–Kier alpha value is -4.46. The first-order chi connectivity index (χ1) is 15.9. The van der Waals surface area contributed by atoms with Crippen molar-refractivity contribution >= 4 is 28.8 Å². The molecule has 4 rings (SSSR count). The lowest BCUT2D eigenvalue weighted by Gasteiger charge is -2.07. The Morgan fingerprint density at radius 1 is 1.12 bits per heavy atom. The molecular weight excluding hydrogens is 425 g/mol. The zero-order valence-corrected chi connectivity index (χ0v) is 17.6. The lowest BCUT2D eigenvalue weighted by Crippen LogP contribution is -2.23. The molecule has 0 atom stereocenters. The van der Waals surface area contributed by atoms with Gasteiger partial charge in [-0.15, -0.1) is 0 Å². The predicted octanol–water partition coefficient (Wildman–Crippen LogP) is 4.06. The lowest BCUT2D eigenvalue weighted by molar-refractivity contribution is 0.0951. The number of amides is 1. The molecule has 0 saturated carbocycles. The molecule has 7 nitrogen and oxygen atoms in total. The molecule has 0 aliphatic heterocycles. The van der Waals surface area contributed by atoms with Gasteiger partial charge < -0.3 is 20.1 Å². The summed E-state index contributed by atoms with van der Waals surface area (Å²) in [6, 6.07) is 17.3. The number of aliphatic hydroxyl groups excluding tert-OH is 1. The number of aromatic amines is 1. The smallest absolute Gasteiger partial charge is 0.274 e. The van der Waals surface area contributed by atoms with Crippen molar-refractivity contribution < 1.29 is 19.0 Å². The van der Waals surface area contributed by atoms with Crippen molar-refractivity contribution in [3.63, 3.8) is 0 Å². The van der Waals surface area contributed by atoms with E-state index in [1.807, 2.05) is 0 Å². The van der Waals surface area contributed by atoms with E-state index in [0.717, 1.165) is 5.56 Å². The molecule has 1 heterocycles. The second-order valence-electron chi connectivity index (χ2n) is 7.25. The van der Waals surface area contributed by atoms with Crippen LogP contribution in [0, 0.1) is 5.82 Å². The molecule has 0 unspecified atom stereocenters. The van der Waals surface area contributed by atoms with Crippen molar-refractivity contribution in [2.24, 2.45) is 0 Å². The van der Waals surface area contributed by atoms with Gasteiger partial charge in [-0.2, -0.15) is 0 Å². The number of nitrogens with zero attached hydrogens (tertiary/aromatic N) is 1. The fourth-order valence-electron chi connectivity index (χ4n) is 3.22. The standard InChI is InChI=1S/C25H20FN3O4/c1-33-19-4-2-3-16(11-19)23(30)13-22-25(32)29-21-12-17(7-10-20(21)28-22)24(31)27-14-15-5-8-18(26)9-6-15/h2-13,30H,14H2,1H3,(H,27,31)(H,29,32)/b23-13-. The fraction of sp³-hybridized carbons (Fsp3) is 0.0800. The molecule has 0 spiro atoms. The summed E-state index contributed by atoms with van der Waals surface area (Å²) in [5.74, 6) is -0.259. The van der Waals surface area contributed by atoms with E-state index in [4.69, 9.17) is 4.74 Å². The molecule has 166 valence electrons. The van der Waals surface area contributed by atoms with Crippen LogP contribution in [-0.4, -0.2) is 28.1 Å². The number of carbonyl (C=O) groups excluding carboxylic acids is 1. The van der Waals surface area contributed by atoms with Gasteiger partial charge in [0, 0.05) is 23.7 Å². The second-order valence-corrected chi connectivity index (χ2v) is 7.25. The number of carbonyl (C=O) groups is 1. The van der Waals surface area contributed by atoms with Gasteiger partial charge in [0.1, 0.15) is 23.0 Å². The first kappa shape index (κ1) is 21.8. The third-order valence-corrected chi connectivity index (χ3v) is 4.99. The number of methoxy groups -OCH3 is 1. The van der Waals surface area contributed by atoms with Gasteiger partial charge in [-0.05, 0) is 48.0 Å². The van der Waals surface area contributed by atoms with Crippen molar-refractivity contribution in [3.8, 4) is 5.75 Å². The molecule has 0 radical (unpaired) electrons. The second kappa shape index (κ2) is 9.35. The van der Waals surface area contributed by atoms with Gasteiger partial charge in [0.15, 0.2) is 0 Å². The quantitative estimate of drug-likeness (QED) is 0.388. The predicted molar refractivity (Wildman–Crippen MR) is 123 cm³/mol. The van der Waals surface area contributed by atoms with E-state index in [1.165, 1.54) is 31.4 Å². The van der Waals surface area contributed by atoms with Crippen molar-refractivity contribution in [1.29, 1.82) is 0 Å². The number of ether oxygens (including phenoxy) is 1. The zero-order chi connectivity index (χ0) is 23.4. The first-order valence-electron chi connectivity index (χ1n) is 10.0. The van der Waals surface area contributed by atoms with E-state index in [2.05, 4.69) is 15.3 Å². The van der Waals surface area contributed by atoms with Gasteiger partial charge in [0.05, 0.1) is 18.1 Å². The minimum Gasteiger partial charge on any atom is -0.507 e. The summed E-state index contributed by atoms with van der Waals surface area (Å²) in [7, 11) is 1.52. The van der Waals surface area contributed by atoms with Crippen molar-refractivity contribution in [3.05, 3.63) is 105 Å². The minimum atomic E-state index is -0.513.